The number of aliphatic hydroxyl groups is 1. The average Bonchev–Trinajstić information content (AvgIpc) is 3.09. The number of carbonyl (C=O) groups excluding carboxylic acids is 3. The van der Waals surface area contributed by atoms with Crippen molar-refractivity contribution in [2.75, 3.05) is 44.0 Å². The Hall–Kier alpha value is -4.62. The molecule has 0 saturated carbocycles. The third kappa shape index (κ3) is 10.4. The summed E-state index contributed by atoms with van der Waals surface area (Å²) in [4.78, 5) is 43.5. The zero-order valence-electron chi connectivity index (χ0n) is 28.7. The first-order chi connectivity index (χ1) is 23.8. The second-order valence-electron chi connectivity index (χ2n) is 12.7. The number of benzene rings is 3. The topological polar surface area (TPSA) is 120 Å². The number of carbonyl (C=O) groups is 3. The summed E-state index contributed by atoms with van der Waals surface area (Å²) in [6.07, 6.45) is -2.97. The van der Waals surface area contributed by atoms with Crippen LogP contribution in [-0.4, -0.2) is 84.4 Å². The van der Waals surface area contributed by atoms with Gasteiger partial charge >= 0.3 is 12.2 Å². The lowest BCUT2D eigenvalue weighted by Gasteiger charge is -2.36. The molecule has 10 nitrogen and oxygen atoms in total. The van der Waals surface area contributed by atoms with Gasteiger partial charge in [0.15, 0.2) is 0 Å². The standard InChI is InChI=1S/C37H45F3N4O6/c1-24-21-44(25(2)23-45)35(47)31-20-30(42-36(48)41-29-15-13-28(14-16-29)37(38,39)40)17-18-32(31)50-26(3)10-8-9-19-49-33(24)22-43(4)34(46)27-11-6-5-7-12-27/h5-7,11-18,20,24-26,33,45H,8-10,19,21-23H2,1-4H3,(H2,41,42,48)/t24-,25+,26-,33+/m1/s1. The highest BCUT2D eigenvalue weighted by Crippen LogP contribution is 2.31. The first-order valence-corrected chi connectivity index (χ1v) is 16.7. The maximum Gasteiger partial charge on any atom is 0.416 e. The normalized spacial score (nSPS) is 19.7. The number of fused-ring (bicyclic) bond motifs is 1. The van der Waals surface area contributed by atoms with E-state index in [9.17, 15) is 32.7 Å². The van der Waals surface area contributed by atoms with Crippen molar-refractivity contribution in [1.29, 1.82) is 0 Å². The minimum Gasteiger partial charge on any atom is -0.490 e. The summed E-state index contributed by atoms with van der Waals surface area (Å²) in [5.41, 5.74) is 0.251. The molecule has 3 aromatic rings. The molecule has 0 radical (unpaired) electrons. The van der Waals surface area contributed by atoms with Crippen LogP contribution in [0.5, 0.6) is 5.75 Å². The van der Waals surface area contributed by atoms with E-state index in [0.29, 0.717) is 24.3 Å². The predicted molar refractivity (Wildman–Crippen MR) is 184 cm³/mol. The molecule has 0 fully saturated rings. The van der Waals surface area contributed by atoms with Crippen molar-refractivity contribution in [3.05, 3.63) is 89.5 Å². The summed E-state index contributed by atoms with van der Waals surface area (Å²) in [6, 6.07) is 16.3. The van der Waals surface area contributed by atoms with Crippen LogP contribution in [0.15, 0.2) is 72.8 Å². The molecular weight excluding hydrogens is 653 g/mol. The summed E-state index contributed by atoms with van der Waals surface area (Å²) >= 11 is 0. The number of alkyl halides is 3. The van der Waals surface area contributed by atoms with Gasteiger partial charge in [-0.25, -0.2) is 4.79 Å². The van der Waals surface area contributed by atoms with Gasteiger partial charge in [0.25, 0.3) is 11.8 Å². The van der Waals surface area contributed by atoms with Gasteiger partial charge in [0.05, 0.1) is 36.0 Å². The fourth-order valence-electron chi connectivity index (χ4n) is 5.65. The third-order valence-electron chi connectivity index (χ3n) is 8.60. The number of hydrogen-bond donors (Lipinski definition) is 3. The number of hydrogen-bond acceptors (Lipinski definition) is 6. The van der Waals surface area contributed by atoms with Gasteiger partial charge in [0.1, 0.15) is 5.75 Å². The molecule has 4 rings (SSSR count). The van der Waals surface area contributed by atoms with Gasteiger partial charge in [0, 0.05) is 49.6 Å². The highest BCUT2D eigenvalue weighted by Gasteiger charge is 2.32. The first kappa shape index (κ1) is 38.2. The summed E-state index contributed by atoms with van der Waals surface area (Å²) in [7, 11) is 1.72. The molecule has 0 spiro atoms. The maximum atomic E-state index is 14.3. The number of likely N-dealkylation sites (N-methyl/N-ethyl adjacent to an activating group) is 1. The Bertz CT molecular complexity index is 1590. The monoisotopic (exact) mass is 698 g/mol. The third-order valence-corrected chi connectivity index (χ3v) is 8.60. The quantitative estimate of drug-likeness (QED) is 0.247. The van der Waals surface area contributed by atoms with Gasteiger partial charge < -0.3 is 35.0 Å². The molecule has 0 bridgehead atoms. The van der Waals surface area contributed by atoms with Gasteiger partial charge in [-0.2, -0.15) is 13.2 Å². The maximum absolute atomic E-state index is 14.3. The Labute approximate surface area is 290 Å². The number of nitrogens with zero attached hydrogens (tertiary/aromatic N) is 2. The Balaban J connectivity index is 1.59. The number of anilines is 2. The second kappa shape index (κ2) is 17.3. The zero-order valence-corrected chi connectivity index (χ0v) is 28.7. The van der Waals surface area contributed by atoms with Crippen LogP contribution >= 0.6 is 0 Å². The zero-order chi connectivity index (χ0) is 36.4. The predicted octanol–water partition coefficient (Wildman–Crippen LogP) is 6.92. The van der Waals surface area contributed by atoms with Crippen molar-refractivity contribution >= 4 is 29.2 Å². The van der Waals surface area contributed by atoms with E-state index >= 15 is 0 Å². The molecule has 50 heavy (non-hydrogen) atoms. The molecule has 4 atom stereocenters. The van der Waals surface area contributed by atoms with E-state index in [-0.39, 0.29) is 54.6 Å². The lowest BCUT2D eigenvalue weighted by atomic mass is 10.0. The van der Waals surface area contributed by atoms with E-state index in [1.165, 1.54) is 11.0 Å². The molecule has 0 aromatic heterocycles. The SMILES string of the molecule is C[C@@H]1CCCCO[C@@H](CN(C)C(=O)c2ccccc2)[C@H](C)CN([C@@H](C)CO)C(=O)c2cc(NC(=O)Nc3ccc(C(F)(F)F)cc3)ccc2O1. The van der Waals surface area contributed by atoms with E-state index < -0.39 is 35.8 Å². The molecule has 3 N–H and O–H groups in total. The van der Waals surface area contributed by atoms with Crippen molar-refractivity contribution in [3.63, 3.8) is 0 Å². The van der Waals surface area contributed by atoms with E-state index in [1.807, 2.05) is 19.9 Å². The van der Waals surface area contributed by atoms with Crippen LogP contribution in [-0.2, 0) is 10.9 Å². The molecule has 0 unspecified atom stereocenters. The lowest BCUT2D eigenvalue weighted by Crippen LogP contribution is -2.48. The van der Waals surface area contributed by atoms with E-state index in [1.54, 1.807) is 55.3 Å². The Kier molecular flexibility index (Phi) is 13.3. The fraction of sp³-hybridized carbons (Fsp3) is 0.432. The summed E-state index contributed by atoms with van der Waals surface area (Å²) in [5, 5.41) is 15.3. The van der Waals surface area contributed by atoms with Crippen molar-refractivity contribution in [1.82, 2.24) is 9.80 Å². The highest BCUT2D eigenvalue weighted by atomic mass is 19.4. The molecular formula is C37H45F3N4O6. The second-order valence-corrected chi connectivity index (χ2v) is 12.7. The smallest absolute Gasteiger partial charge is 0.416 e. The van der Waals surface area contributed by atoms with Crippen LogP contribution in [0.3, 0.4) is 0 Å². The molecule has 270 valence electrons. The fourth-order valence-corrected chi connectivity index (χ4v) is 5.65. The first-order valence-electron chi connectivity index (χ1n) is 16.7. The van der Waals surface area contributed by atoms with Crippen LogP contribution in [0.2, 0.25) is 0 Å². The van der Waals surface area contributed by atoms with E-state index in [0.717, 1.165) is 37.1 Å². The summed E-state index contributed by atoms with van der Waals surface area (Å²) in [5.74, 6) is -0.560. The van der Waals surface area contributed by atoms with Gasteiger partial charge in [-0.05, 0) is 87.7 Å². The highest BCUT2D eigenvalue weighted by molar-refractivity contribution is 6.02. The van der Waals surface area contributed by atoms with Gasteiger partial charge in [0.2, 0.25) is 0 Å². The Morgan fingerprint density at radius 3 is 2.32 bits per heavy atom. The Morgan fingerprint density at radius 2 is 1.66 bits per heavy atom. The largest absolute Gasteiger partial charge is 0.490 e. The molecule has 0 saturated heterocycles. The number of nitrogens with one attached hydrogen (secondary N) is 2. The summed E-state index contributed by atoms with van der Waals surface area (Å²) in [6.45, 7) is 6.15. The minimum absolute atomic E-state index is 0.145. The van der Waals surface area contributed by atoms with Crippen molar-refractivity contribution in [3.8, 4) is 5.75 Å². The van der Waals surface area contributed by atoms with Crippen molar-refractivity contribution < 1.29 is 42.1 Å². The summed E-state index contributed by atoms with van der Waals surface area (Å²) < 4.78 is 51.4. The van der Waals surface area contributed by atoms with Crippen LogP contribution < -0.4 is 15.4 Å². The van der Waals surface area contributed by atoms with Crippen LogP contribution in [0.4, 0.5) is 29.3 Å². The van der Waals surface area contributed by atoms with Gasteiger partial charge in [-0.1, -0.05) is 25.1 Å². The minimum atomic E-state index is -4.51. The molecule has 4 amide bonds. The van der Waals surface area contributed by atoms with E-state index in [4.69, 9.17) is 9.47 Å². The van der Waals surface area contributed by atoms with Crippen LogP contribution in [0.1, 0.15) is 66.3 Å². The van der Waals surface area contributed by atoms with Gasteiger partial charge in [-0.3, -0.25) is 9.59 Å². The molecule has 13 heteroatoms. The number of urea groups is 1. The van der Waals surface area contributed by atoms with Crippen molar-refractivity contribution in [2.24, 2.45) is 5.92 Å². The lowest BCUT2D eigenvalue weighted by molar-refractivity contribution is -0.137. The number of amides is 4. The van der Waals surface area contributed by atoms with Crippen LogP contribution in [0.25, 0.3) is 0 Å². The Morgan fingerprint density at radius 1 is 1.00 bits per heavy atom. The average molecular weight is 699 g/mol. The number of aliphatic hydroxyl groups excluding tert-OH is 1. The number of rotatable bonds is 7. The van der Waals surface area contributed by atoms with Crippen LogP contribution in [0, 0.1) is 5.92 Å². The number of halogens is 3. The molecule has 1 aliphatic rings. The molecule has 0 aliphatic carbocycles. The number of ether oxygens (including phenoxy) is 2. The molecule has 1 heterocycles. The molecule has 3 aromatic carbocycles. The molecule has 1 aliphatic heterocycles. The van der Waals surface area contributed by atoms with E-state index in [2.05, 4.69) is 10.6 Å². The van der Waals surface area contributed by atoms with Crippen molar-refractivity contribution in [2.45, 2.75) is 64.5 Å². The van der Waals surface area contributed by atoms with Gasteiger partial charge in [-0.15, -0.1) is 0 Å².